The molecule has 108 heavy (non-hydrogen) atoms. The van der Waals surface area contributed by atoms with Gasteiger partial charge in [0, 0.05) is 65.8 Å². The lowest BCUT2D eigenvalue weighted by atomic mass is 10.0. The molecular formula is C104H68N4. The second-order valence-electron chi connectivity index (χ2n) is 28.4. The van der Waals surface area contributed by atoms with Gasteiger partial charge in [0.2, 0.25) is 0 Å². The normalized spacial score (nSPS) is 11.7. The third-order valence-corrected chi connectivity index (χ3v) is 22.2. The van der Waals surface area contributed by atoms with E-state index in [4.69, 9.17) is 0 Å². The van der Waals surface area contributed by atoms with Crippen LogP contribution in [0.5, 0.6) is 0 Å². The number of rotatable bonds is 10. The van der Waals surface area contributed by atoms with E-state index in [0.717, 1.165) is 17.1 Å². The highest BCUT2D eigenvalue weighted by Crippen LogP contribution is 2.43. The predicted molar refractivity (Wildman–Crippen MR) is 458 cm³/mol. The first-order valence-electron chi connectivity index (χ1n) is 37.2. The molecule has 4 heterocycles. The van der Waals surface area contributed by atoms with Gasteiger partial charge in [-0.2, -0.15) is 0 Å². The van der Waals surface area contributed by atoms with Crippen molar-refractivity contribution >= 4 is 109 Å². The van der Waals surface area contributed by atoms with Gasteiger partial charge >= 0.3 is 0 Å². The molecule has 0 spiro atoms. The van der Waals surface area contributed by atoms with Gasteiger partial charge in [0.1, 0.15) is 0 Å². The Kier molecular flexibility index (Phi) is 14.9. The second kappa shape index (κ2) is 25.8. The molecule has 0 aliphatic carbocycles. The van der Waals surface area contributed by atoms with Gasteiger partial charge in [0.15, 0.2) is 0 Å². The molecule has 0 aliphatic rings. The summed E-state index contributed by atoms with van der Waals surface area (Å²) in [7, 11) is 0. The molecule has 0 atom stereocenters. The van der Waals surface area contributed by atoms with Crippen molar-refractivity contribution in [3.8, 4) is 89.5 Å². The van der Waals surface area contributed by atoms with Crippen molar-refractivity contribution in [1.82, 2.24) is 18.3 Å². The van der Waals surface area contributed by atoms with Crippen LogP contribution >= 0.6 is 0 Å². The summed E-state index contributed by atoms with van der Waals surface area (Å²) in [5.41, 5.74) is 28.9. The average molecular weight is 1370 g/mol. The van der Waals surface area contributed by atoms with Crippen molar-refractivity contribution in [2.45, 2.75) is 0 Å². The lowest BCUT2D eigenvalue weighted by Crippen LogP contribution is -1.94. The van der Waals surface area contributed by atoms with Gasteiger partial charge < -0.3 is 18.3 Å². The lowest BCUT2D eigenvalue weighted by molar-refractivity contribution is 1.18. The largest absolute Gasteiger partial charge is 0.309 e. The maximum absolute atomic E-state index is 2.42. The van der Waals surface area contributed by atoms with Crippen LogP contribution < -0.4 is 0 Å². The van der Waals surface area contributed by atoms with E-state index in [-0.39, 0.29) is 0 Å². The first-order valence-corrected chi connectivity index (χ1v) is 37.2. The minimum Gasteiger partial charge on any atom is -0.309 e. The molecule has 0 fully saturated rings. The zero-order valence-corrected chi connectivity index (χ0v) is 59.0. The van der Waals surface area contributed by atoms with Crippen LogP contribution in [0, 0.1) is 0 Å². The van der Waals surface area contributed by atoms with Crippen LogP contribution in [0.4, 0.5) is 0 Å². The Morgan fingerprint density at radius 2 is 0.343 bits per heavy atom. The molecule has 22 rings (SSSR count). The van der Waals surface area contributed by atoms with E-state index < -0.39 is 0 Å². The fraction of sp³-hybridized carbons (Fsp3) is 0. The maximum atomic E-state index is 2.42. The zero-order chi connectivity index (χ0) is 71.2. The topological polar surface area (TPSA) is 19.7 Å². The molecule has 18 aromatic carbocycles. The van der Waals surface area contributed by atoms with Crippen LogP contribution in [0.25, 0.3) is 198 Å². The van der Waals surface area contributed by atoms with Gasteiger partial charge in [-0.15, -0.1) is 0 Å². The summed E-state index contributed by atoms with van der Waals surface area (Å²) in [4.78, 5) is 0. The van der Waals surface area contributed by atoms with Crippen molar-refractivity contribution < 1.29 is 0 Å². The van der Waals surface area contributed by atoms with Crippen molar-refractivity contribution in [2.75, 3.05) is 0 Å². The highest BCUT2D eigenvalue weighted by atomic mass is 15.0. The zero-order valence-electron chi connectivity index (χ0n) is 59.0. The van der Waals surface area contributed by atoms with Gasteiger partial charge in [-0.05, 0) is 222 Å². The van der Waals surface area contributed by atoms with Gasteiger partial charge in [-0.25, -0.2) is 0 Å². The molecule has 0 aliphatic heterocycles. The molecule has 0 bridgehead atoms. The SMILES string of the molecule is c1ccc(-c2cccc(-n3c4ccccc4c4cc(-c5ccc6c(c5)c5ccccc5n6-c5ccc6cc(-c7ccccc7)ccc6c5)ccc43)c2)cc1.c1ccc(-c2cccc(-n3c4ccccc4c4cc(-c5ccc6c(c5)c5ccccc5n6-c5ccc6ccc(-c7ccccc7)cc6c5)ccc43)c2)cc1. The summed E-state index contributed by atoms with van der Waals surface area (Å²) < 4.78 is 9.65. The van der Waals surface area contributed by atoms with Gasteiger partial charge in [0.05, 0.1) is 44.1 Å². The summed E-state index contributed by atoms with van der Waals surface area (Å²) in [6.45, 7) is 0. The molecule has 0 saturated heterocycles. The molecule has 4 heteroatoms. The highest BCUT2D eigenvalue weighted by Gasteiger charge is 2.21. The van der Waals surface area contributed by atoms with Gasteiger partial charge in [-0.3, -0.25) is 0 Å². The maximum Gasteiger partial charge on any atom is 0.0541 e. The van der Waals surface area contributed by atoms with Crippen molar-refractivity contribution in [2.24, 2.45) is 0 Å². The Bertz CT molecular complexity index is 7280. The molecular weight excluding hydrogens is 1310 g/mol. The van der Waals surface area contributed by atoms with Crippen molar-refractivity contribution in [3.05, 3.63) is 413 Å². The summed E-state index contributed by atoms with van der Waals surface area (Å²) in [6, 6.07) is 150. The van der Waals surface area contributed by atoms with E-state index in [1.807, 2.05) is 0 Å². The van der Waals surface area contributed by atoms with E-state index in [0.29, 0.717) is 0 Å². The number of hydrogen-bond acceptors (Lipinski definition) is 0. The van der Waals surface area contributed by atoms with Crippen LogP contribution in [0.3, 0.4) is 0 Å². The molecule has 0 N–H and O–H groups in total. The Hall–Kier alpha value is -14.3. The Morgan fingerprint density at radius 1 is 0.111 bits per heavy atom. The standard InChI is InChI=1S/2C52H34N2/c1-3-12-35(13-4-1)38-16-11-17-43(31-38)53-49-20-9-7-18-45(49)47-33-40(25-28-51(47)53)41-26-29-52-48(34-41)46-19-8-10-21-50(46)54(52)44-27-24-37-22-23-39(30-42(37)32-44)36-14-5-2-6-15-36;1-3-12-35(13-4-1)37-16-11-17-43(31-37)53-49-20-9-7-18-45(49)47-33-41(25-28-51(47)53)42-26-29-52-48(34-42)46-19-8-10-21-50(46)54(52)44-27-24-39-30-38(22-23-40(39)32-44)36-14-5-2-6-15-36/h2*1-34H. The summed E-state index contributed by atoms with van der Waals surface area (Å²) in [5, 5.41) is 15.0. The van der Waals surface area contributed by atoms with Crippen LogP contribution in [0.1, 0.15) is 0 Å². The fourth-order valence-corrected chi connectivity index (χ4v) is 17.0. The molecule has 4 aromatic heterocycles. The number of aromatic nitrogens is 4. The molecule has 4 nitrogen and oxygen atoms in total. The Labute approximate surface area is 625 Å². The van der Waals surface area contributed by atoms with Crippen molar-refractivity contribution in [3.63, 3.8) is 0 Å². The smallest absolute Gasteiger partial charge is 0.0541 e. The summed E-state index contributed by atoms with van der Waals surface area (Å²) in [5.74, 6) is 0. The minimum atomic E-state index is 1.16. The van der Waals surface area contributed by atoms with E-state index >= 15 is 0 Å². The quantitative estimate of drug-likeness (QED) is 0.130. The third kappa shape index (κ3) is 10.7. The monoisotopic (exact) mass is 1370 g/mol. The number of benzene rings is 18. The summed E-state index contributed by atoms with van der Waals surface area (Å²) >= 11 is 0. The first kappa shape index (κ1) is 62.3. The van der Waals surface area contributed by atoms with Crippen LogP contribution in [-0.4, -0.2) is 18.3 Å². The predicted octanol–water partition coefficient (Wildman–Crippen LogP) is 28.1. The Morgan fingerprint density at radius 3 is 0.704 bits per heavy atom. The average Bonchev–Trinajstić information content (AvgIpc) is 1.59. The lowest BCUT2D eigenvalue weighted by Gasteiger charge is -2.11. The van der Waals surface area contributed by atoms with Crippen LogP contribution in [-0.2, 0) is 0 Å². The number of fused-ring (bicyclic) bond motifs is 14. The van der Waals surface area contributed by atoms with Gasteiger partial charge in [0.25, 0.3) is 0 Å². The molecule has 22 aromatic rings. The highest BCUT2D eigenvalue weighted by molar-refractivity contribution is 6.15. The molecule has 0 saturated carbocycles. The Balaban J connectivity index is 0.000000138. The third-order valence-electron chi connectivity index (χ3n) is 22.2. The second-order valence-corrected chi connectivity index (χ2v) is 28.4. The number of para-hydroxylation sites is 4. The number of nitrogens with zero attached hydrogens (tertiary/aromatic N) is 4. The van der Waals surface area contributed by atoms with E-state index in [1.54, 1.807) is 0 Å². The molecule has 0 amide bonds. The molecule has 504 valence electrons. The van der Waals surface area contributed by atoms with Crippen LogP contribution in [0.15, 0.2) is 413 Å². The minimum absolute atomic E-state index is 1.16. The molecule has 0 radical (unpaired) electrons. The first-order chi connectivity index (χ1) is 53.5. The van der Waals surface area contributed by atoms with E-state index in [9.17, 15) is 0 Å². The van der Waals surface area contributed by atoms with E-state index in [2.05, 4.69) is 431 Å². The summed E-state index contributed by atoms with van der Waals surface area (Å²) in [6.07, 6.45) is 0. The van der Waals surface area contributed by atoms with Crippen LogP contribution in [0.2, 0.25) is 0 Å². The molecule has 0 unspecified atom stereocenters. The van der Waals surface area contributed by atoms with Gasteiger partial charge in [-0.1, -0.05) is 279 Å². The fourth-order valence-electron chi connectivity index (χ4n) is 17.0. The van der Waals surface area contributed by atoms with E-state index in [1.165, 1.54) is 181 Å². The van der Waals surface area contributed by atoms with Crippen molar-refractivity contribution in [1.29, 1.82) is 0 Å². The number of hydrogen-bond donors (Lipinski definition) is 0.